The van der Waals surface area contributed by atoms with Gasteiger partial charge in [0, 0.05) is 88.2 Å². The summed E-state index contributed by atoms with van der Waals surface area (Å²) in [4.78, 5) is 36.1. The molecule has 580 valence electrons. The lowest BCUT2D eigenvalue weighted by Crippen LogP contribution is -2.00. The number of hydrogen-bond donors (Lipinski definition) is 0. The molecule has 17 aromatic carbocycles. The second kappa shape index (κ2) is 32.2. The van der Waals surface area contributed by atoms with Crippen LogP contribution in [0, 0.1) is 0 Å². The molecule has 9 nitrogen and oxygen atoms in total. The molecule has 23 aromatic rings. The van der Waals surface area contributed by atoms with Crippen LogP contribution in [0.15, 0.2) is 455 Å². The van der Waals surface area contributed by atoms with Gasteiger partial charge in [-0.2, -0.15) is 0 Å². The number of fused-ring (bicyclic) bond motifs is 10. The van der Waals surface area contributed by atoms with E-state index in [1.165, 1.54) is 38.5 Å². The zero-order valence-corrected chi connectivity index (χ0v) is 67.3. The van der Waals surface area contributed by atoms with Crippen molar-refractivity contribution in [1.82, 2.24) is 44.0 Å². The van der Waals surface area contributed by atoms with Crippen LogP contribution < -0.4 is 0 Å². The molecule has 0 radical (unpaired) electrons. The Labute approximate surface area is 717 Å². The molecule has 0 bridgehead atoms. The largest absolute Gasteiger partial charge is 0.308 e. The first-order valence-corrected chi connectivity index (χ1v) is 41.8. The summed E-state index contributed by atoms with van der Waals surface area (Å²) in [7, 11) is 0. The van der Waals surface area contributed by atoms with Crippen molar-refractivity contribution in [3.8, 4) is 158 Å². The van der Waals surface area contributed by atoms with E-state index in [-0.39, 0.29) is 0 Å². The van der Waals surface area contributed by atoms with Gasteiger partial charge in [0.2, 0.25) is 0 Å². The van der Waals surface area contributed by atoms with Gasteiger partial charge in [-0.1, -0.05) is 400 Å². The van der Waals surface area contributed by atoms with Gasteiger partial charge in [-0.05, 0) is 110 Å². The maximum absolute atomic E-state index is 5.34. The number of benzene rings is 17. The van der Waals surface area contributed by atoms with Gasteiger partial charge < -0.3 is 9.13 Å². The van der Waals surface area contributed by atoms with E-state index in [2.05, 4.69) is 428 Å². The molecule has 9 heteroatoms. The van der Waals surface area contributed by atoms with Gasteiger partial charge in [-0.3, -0.25) is 0 Å². The Hall–Kier alpha value is -16.8. The number of hydrogen-bond acceptors (Lipinski definition) is 7. The second-order valence-electron chi connectivity index (χ2n) is 31.1. The summed E-state index contributed by atoms with van der Waals surface area (Å²) in [6.45, 7) is 0. The summed E-state index contributed by atoms with van der Waals surface area (Å²) in [5.41, 5.74) is 32.0. The zero-order valence-electron chi connectivity index (χ0n) is 67.3. The van der Waals surface area contributed by atoms with Crippen LogP contribution in [-0.4, -0.2) is 44.0 Å². The number of pyridine rings is 2. The highest BCUT2D eigenvalue weighted by Crippen LogP contribution is 2.45. The first kappa shape index (κ1) is 73.6. The summed E-state index contributed by atoms with van der Waals surface area (Å²) < 4.78 is 4.77. The van der Waals surface area contributed by atoms with E-state index >= 15 is 0 Å². The normalized spacial score (nSPS) is 11.4. The van der Waals surface area contributed by atoms with Crippen molar-refractivity contribution < 1.29 is 0 Å². The fraction of sp³-hybridized carbons (Fsp3) is 0. The number of para-hydroxylation sites is 6. The van der Waals surface area contributed by atoms with E-state index in [1.54, 1.807) is 0 Å². The fourth-order valence-corrected chi connectivity index (χ4v) is 17.3. The van der Waals surface area contributed by atoms with Crippen molar-refractivity contribution in [2.24, 2.45) is 0 Å². The summed E-state index contributed by atoms with van der Waals surface area (Å²) in [6.07, 6.45) is 0. The maximum Gasteiger partial charge on any atom is 0.164 e. The molecule has 0 spiro atoms. The van der Waals surface area contributed by atoms with Crippen molar-refractivity contribution in [1.29, 1.82) is 0 Å². The smallest absolute Gasteiger partial charge is 0.164 e. The number of nitrogens with zero attached hydrogens (tertiary/aromatic N) is 9. The molecule has 6 aromatic heterocycles. The van der Waals surface area contributed by atoms with Crippen LogP contribution in [0.25, 0.3) is 223 Å². The summed E-state index contributed by atoms with van der Waals surface area (Å²) >= 11 is 0. The average molecular weight is 1580 g/mol. The first-order chi connectivity index (χ1) is 61.5. The van der Waals surface area contributed by atoms with Gasteiger partial charge in [-0.15, -0.1) is 0 Å². The number of rotatable bonds is 15. The summed E-state index contributed by atoms with van der Waals surface area (Å²) in [5, 5.41) is 6.93. The molecule has 0 amide bonds. The molecule has 0 saturated heterocycles. The Morgan fingerprint density at radius 3 is 0.685 bits per heavy atom. The fourth-order valence-electron chi connectivity index (χ4n) is 17.3. The van der Waals surface area contributed by atoms with Crippen LogP contribution in [0.2, 0.25) is 0 Å². The third kappa shape index (κ3) is 14.1. The minimum Gasteiger partial charge on any atom is -0.308 e. The lowest BCUT2D eigenvalue weighted by Gasteiger charge is -2.12. The molecule has 0 aliphatic carbocycles. The lowest BCUT2D eigenvalue weighted by molar-refractivity contribution is 1.07. The lowest BCUT2D eigenvalue weighted by atomic mass is 9.98. The quantitative estimate of drug-likeness (QED) is 0.101. The van der Waals surface area contributed by atoms with Crippen molar-refractivity contribution in [2.75, 3.05) is 0 Å². The third-order valence-electron chi connectivity index (χ3n) is 23.5. The number of aromatic nitrogens is 9. The Balaban J connectivity index is 0.000000148. The molecular weight excluding hydrogens is 1510 g/mol. The minimum absolute atomic E-state index is 0.618. The Morgan fingerprint density at radius 2 is 0.371 bits per heavy atom. The molecular formula is C115H75N9. The van der Waals surface area contributed by atoms with E-state index in [1.807, 2.05) is 36.4 Å². The Bertz CT molecular complexity index is 7750. The van der Waals surface area contributed by atoms with Gasteiger partial charge in [0.05, 0.1) is 55.9 Å². The minimum atomic E-state index is 0.618. The molecule has 0 saturated carbocycles. The van der Waals surface area contributed by atoms with Crippen molar-refractivity contribution in [3.05, 3.63) is 455 Å². The topological polar surface area (TPSA) is 100 Å². The maximum atomic E-state index is 5.34. The highest BCUT2D eigenvalue weighted by Gasteiger charge is 2.24. The standard InChI is InChI=1S/C60H39N5.C55H36N4/c1-4-14-40(15-5-1)42-26-34-47(35-27-42)58-62-59(48-36-28-43(29-37-48)41-16-6-2-7-17-41)64-60(63-58)49-38-30-45(31-39-49)44-24-32-46(33-25-44)56-55-52-21-11-13-23-54(52)65(50-18-8-3-9-19-50)57(55)51-20-10-12-22-53(51)61-56;1-4-14-37(15-5-1)38-24-30-42(31-25-38)50-36-49(41-16-6-2-7-17-41)57-55(58-50)44-34-28-40(29-35-44)39-26-32-43(33-27-39)53-52-47-21-11-13-23-51(47)59(45-18-8-3-9-19-45)54(52)46-20-10-12-22-48(46)56-53/h1-39H;1-36H. The molecule has 0 unspecified atom stereocenters. The van der Waals surface area contributed by atoms with Gasteiger partial charge in [0.1, 0.15) is 0 Å². The second-order valence-corrected chi connectivity index (χ2v) is 31.1. The molecule has 0 aliphatic heterocycles. The van der Waals surface area contributed by atoms with Gasteiger partial charge in [-0.25, -0.2) is 34.9 Å². The predicted octanol–water partition coefficient (Wildman–Crippen LogP) is 29.3. The average Bonchev–Trinajstić information content (AvgIpc) is 1.56. The zero-order chi connectivity index (χ0) is 82.2. The van der Waals surface area contributed by atoms with E-state index in [0.29, 0.717) is 23.3 Å². The van der Waals surface area contributed by atoms with Gasteiger partial charge in [0.25, 0.3) is 0 Å². The van der Waals surface area contributed by atoms with Gasteiger partial charge >= 0.3 is 0 Å². The van der Waals surface area contributed by atoms with Crippen LogP contribution in [0.5, 0.6) is 0 Å². The molecule has 23 rings (SSSR count). The SMILES string of the molecule is c1ccc(-c2ccc(-c3cc(-c4ccccc4)nc(-c4ccc(-c5ccc(-c6nc7ccccc7c7c6c6ccccc6n7-c6ccccc6)cc5)cc4)n3)cc2)cc1.c1ccc(-c2ccc(-c3nc(-c4ccc(-c5ccccc5)cc4)nc(-c4ccc(-c5ccc(-c6nc7ccccc7c7c6c6ccccc6n7-c6ccccc6)cc5)cc4)n3)cc2)cc1. The van der Waals surface area contributed by atoms with Crippen molar-refractivity contribution in [3.63, 3.8) is 0 Å². The third-order valence-corrected chi connectivity index (χ3v) is 23.5. The van der Waals surface area contributed by atoms with E-state index < -0.39 is 0 Å². The van der Waals surface area contributed by atoms with Crippen LogP contribution >= 0.6 is 0 Å². The highest BCUT2D eigenvalue weighted by atomic mass is 15.0. The highest BCUT2D eigenvalue weighted by molar-refractivity contribution is 6.24. The van der Waals surface area contributed by atoms with Crippen molar-refractivity contribution >= 4 is 65.4 Å². The van der Waals surface area contributed by atoms with Crippen LogP contribution in [0.1, 0.15) is 0 Å². The van der Waals surface area contributed by atoms with Crippen LogP contribution in [0.4, 0.5) is 0 Å². The van der Waals surface area contributed by atoms with E-state index in [0.717, 1.165) is 161 Å². The Kier molecular flexibility index (Phi) is 19.1. The van der Waals surface area contributed by atoms with E-state index in [4.69, 9.17) is 34.9 Å². The molecule has 0 atom stereocenters. The van der Waals surface area contributed by atoms with Crippen LogP contribution in [0.3, 0.4) is 0 Å². The Morgan fingerprint density at radius 1 is 0.153 bits per heavy atom. The molecule has 124 heavy (non-hydrogen) atoms. The first-order valence-electron chi connectivity index (χ1n) is 41.8. The van der Waals surface area contributed by atoms with E-state index in [9.17, 15) is 0 Å². The van der Waals surface area contributed by atoms with Crippen LogP contribution in [-0.2, 0) is 0 Å². The molecule has 0 aliphatic rings. The molecule has 0 N–H and O–H groups in total. The predicted molar refractivity (Wildman–Crippen MR) is 512 cm³/mol. The summed E-state index contributed by atoms with van der Waals surface area (Å²) in [6, 6.07) is 159. The summed E-state index contributed by atoms with van der Waals surface area (Å²) in [5.74, 6) is 2.56. The molecule has 0 fully saturated rings. The monoisotopic (exact) mass is 1580 g/mol. The molecule has 6 heterocycles. The van der Waals surface area contributed by atoms with Crippen molar-refractivity contribution in [2.45, 2.75) is 0 Å². The van der Waals surface area contributed by atoms with Gasteiger partial charge in [0.15, 0.2) is 23.3 Å².